The van der Waals surface area contributed by atoms with E-state index in [4.69, 9.17) is 0 Å². The molecule has 0 unspecified atom stereocenters. The SMILES string of the molecule is FC1(F)CC12CCC(NCc1ccn[nH]1)CC2. The molecular formula is C12H17F2N3. The Morgan fingerprint density at radius 1 is 1.41 bits per heavy atom. The highest BCUT2D eigenvalue weighted by molar-refractivity contribution is 5.12. The second kappa shape index (κ2) is 3.77. The molecule has 5 heteroatoms. The van der Waals surface area contributed by atoms with Crippen LogP contribution in [-0.2, 0) is 6.54 Å². The summed E-state index contributed by atoms with van der Waals surface area (Å²) in [5, 5.41) is 10.2. The zero-order chi connectivity index (χ0) is 11.9. The summed E-state index contributed by atoms with van der Waals surface area (Å²) in [5.74, 6) is -2.37. The number of H-pyrrole nitrogens is 1. The first-order chi connectivity index (χ1) is 8.11. The van der Waals surface area contributed by atoms with Gasteiger partial charge < -0.3 is 5.32 Å². The van der Waals surface area contributed by atoms with E-state index in [0.29, 0.717) is 18.9 Å². The summed E-state index contributed by atoms with van der Waals surface area (Å²) >= 11 is 0. The number of nitrogens with one attached hydrogen (secondary N) is 2. The molecule has 0 amide bonds. The number of nitrogens with zero attached hydrogens (tertiary/aromatic N) is 1. The lowest BCUT2D eigenvalue weighted by molar-refractivity contribution is 0.0437. The van der Waals surface area contributed by atoms with Crippen molar-refractivity contribution < 1.29 is 8.78 Å². The summed E-state index contributed by atoms with van der Waals surface area (Å²) in [5.41, 5.74) is 0.418. The molecule has 17 heavy (non-hydrogen) atoms. The van der Waals surface area contributed by atoms with E-state index >= 15 is 0 Å². The number of hydrogen-bond acceptors (Lipinski definition) is 2. The van der Waals surface area contributed by atoms with Crippen molar-refractivity contribution in [3.63, 3.8) is 0 Å². The molecule has 2 aliphatic rings. The van der Waals surface area contributed by atoms with Crippen molar-refractivity contribution in [2.45, 2.75) is 50.6 Å². The third-order valence-electron chi connectivity index (χ3n) is 4.29. The fourth-order valence-corrected chi connectivity index (χ4v) is 2.94. The highest BCUT2D eigenvalue weighted by Crippen LogP contribution is 2.67. The summed E-state index contributed by atoms with van der Waals surface area (Å²) in [6.45, 7) is 0.744. The summed E-state index contributed by atoms with van der Waals surface area (Å²) < 4.78 is 26.4. The van der Waals surface area contributed by atoms with Crippen LogP contribution in [0.3, 0.4) is 0 Å². The Labute approximate surface area is 99.0 Å². The topological polar surface area (TPSA) is 40.7 Å². The molecule has 1 heterocycles. The van der Waals surface area contributed by atoms with E-state index in [1.165, 1.54) is 0 Å². The van der Waals surface area contributed by atoms with E-state index in [9.17, 15) is 8.78 Å². The Morgan fingerprint density at radius 2 is 2.12 bits per heavy atom. The fraction of sp³-hybridized carbons (Fsp3) is 0.750. The van der Waals surface area contributed by atoms with Gasteiger partial charge in [-0.2, -0.15) is 5.10 Å². The van der Waals surface area contributed by atoms with Gasteiger partial charge in [-0.3, -0.25) is 5.10 Å². The van der Waals surface area contributed by atoms with Crippen LogP contribution in [0.2, 0.25) is 0 Å². The standard InChI is InChI=1S/C12H17F2N3/c13-12(14)8-11(12)4-1-9(2-5-11)15-7-10-3-6-16-17-10/h3,6,9,15H,1-2,4-5,7-8H2,(H,16,17). The van der Waals surface area contributed by atoms with Crippen molar-refractivity contribution in [1.82, 2.24) is 15.5 Å². The monoisotopic (exact) mass is 241 g/mol. The highest BCUT2D eigenvalue weighted by atomic mass is 19.3. The Hall–Kier alpha value is -0.970. The highest BCUT2D eigenvalue weighted by Gasteiger charge is 2.70. The first kappa shape index (κ1) is 11.1. The van der Waals surface area contributed by atoms with E-state index in [-0.39, 0.29) is 6.42 Å². The third-order valence-corrected chi connectivity index (χ3v) is 4.29. The fourth-order valence-electron chi connectivity index (χ4n) is 2.94. The smallest absolute Gasteiger partial charge is 0.254 e. The number of aromatic amines is 1. The summed E-state index contributed by atoms with van der Waals surface area (Å²) in [6, 6.07) is 2.30. The Balaban J connectivity index is 1.46. The molecule has 2 N–H and O–H groups in total. The van der Waals surface area contributed by atoms with Crippen LogP contribution < -0.4 is 5.32 Å². The van der Waals surface area contributed by atoms with Crippen LogP contribution in [-0.4, -0.2) is 22.2 Å². The molecule has 0 radical (unpaired) electrons. The maximum atomic E-state index is 13.2. The molecule has 2 fully saturated rings. The number of alkyl halides is 2. The van der Waals surface area contributed by atoms with Crippen LogP contribution in [0.4, 0.5) is 8.78 Å². The van der Waals surface area contributed by atoms with Crippen molar-refractivity contribution in [3.05, 3.63) is 18.0 Å². The van der Waals surface area contributed by atoms with E-state index in [1.54, 1.807) is 6.20 Å². The van der Waals surface area contributed by atoms with Gasteiger partial charge in [-0.25, -0.2) is 8.78 Å². The number of aromatic nitrogens is 2. The summed E-state index contributed by atoms with van der Waals surface area (Å²) in [4.78, 5) is 0. The van der Waals surface area contributed by atoms with Gasteiger partial charge in [-0.1, -0.05) is 0 Å². The van der Waals surface area contributed by atoms with Gasteiger partial charge in [0.15, 0.2) is 0 Å². The quantitative estimate of drug-likeness (QED) is 0.853. The van der Waals surface area contributed by atoms with E-state index in [0.717, 1.165) is 25.1 Å². The molecule has 1 aromatic rings. The van der Waals surface area contributed by atoms with Crippen molar-refractivity contribution >= 4 is 0 Å². The van der Waals surface area contributed by atoms with Gasteiger partial charge in [0.05, 0.1) is 0 Å². The molecule has 0 atom stereocenters. The van der Waals surface area contributed by atoms with Crippen molar-refractivity contribution in [2.24, 2.45) is 5.41 Å². The molecule has 3 rings (SSSR count). The average molecular weight is 241 g/mol. The zero-order valence-corrected chi connectivity index (χ0v) is 9.68. The van der Waals surface area contributed by atoms with E-state index in [2.05, 4.69) is 15.5 Å². The van der Waals surface area contributed by atoms with Crippen molar-refractivity contribution in [1.29, 1.82) is 0 Å². The Morgan fingerprint density at radius 3 is 2.65 bits per heavy atom. The van der Waals surface area contributed by atoms with Gasteiger partial charge in [0.25, 0.3) is 5.92 Å². The van der Waals surface area contributed by atoms with Crippen molar-refractivity contribution in [3.8, 4) is 0 Å². The lowest BCUT2D eigenvalue weighted by Crippen LogP contribution is -2.34. The van der Waals surface area contributed by atoms with Crippen molar-refractivity contribution in [2.75, 3.05) is 0 Å². The Kier molecular flexibility index (Phi) is 2.47. The maximum absolute atomic E-state index is 13.2. The molecule has 3 nitrogen and oxygen atoms in total. The normalized spacial score (nSPS) is 35.1. The van der Waals surface area contributed by atoms with Crippen LogP contribution in [0.15, 0.2) is 12.3 Å². The van der Waals surface area contributed by atoms with Gasteiger partial charge in [0.2, 0.25) is 0 Å². The molecule has 0 aromatic carbocycles. The number of hydrogen-bond donors (Lipinski definition) is 2. The molecule has 0 saturated heterocycles. The molecular weight excluding hydrogens is 224 g/mol. The lowest BCUT2D eigenvalue weighted by atomic mass is 9.83. The van der Waals surface area contributed by atoms with Gasteiger partial charge in [-0.05, 0) is 31.7 Å². The van der Waals surface area contributed by atoms with E-state index < -0.39 is 11.3 Å². The van der Waals surface area contributed by atoms with Crippen LogP contribution in [0.25, 0.3) is 0 Å². The predicted octanol–water partition coefficient (Wildman–Crippen LogP) is 2.47. The summed E-state index contributed by atoms with van der Waals surface area (Å²) in [6.07, 6.45) is 4.90. The van der Waals surface area contributed by atoms with Gasteiger partial charge in [0, 0.05) is 36.3 Å². The van der Waals surface area contributed by atoms with Crippen LogP contribution in [0, 0.1) is 5.41 Å². The van der Waals surface area contributed by atoms with Gasteiger partial charge in [-0.15, -0.1) is 0 Å². The van der Waals surface area contributed by atoms with Crippen LogP contribution in [0.5, 0.6) is 0 Å². The van der Waals surface area contributed by atoms with Gasteiger partial charge in [0.1, 0.15) is 0 Å². The molecule has 0 bridgehead atoms. The molecule has 94 valence electrons. The van der Waals surface area contributed by atoms with Gasteiger partial charge >= 0.3 is 0 Å². The minimum absolute atomic E-state index is 0.118. The second-order valence-electron chi connectivity index (χ2n) is 5.40. The molecule has 1 spiro atoms. The minimum Gasteiger partial charge on any atom is -0.308 e. The largest absolute Gasteiger partial charge is 0.308 e. The number of halogens is 2. The Bertz CT molecular complexity index is 380. The van der Waals surface area contributed by atoms with E-state index in [1.807, 2.05) is 6.07 Å². The lowest BCUT2D eigenvalue weighted by Gasteiger charge is -2.29. The molecule has 0 aliphatic heterocycles. The van der Waals surface area contributed by atoms with Crippen LogP contribution >= 0.6 is 0 Å². The zero-order valence-electron chi connectivity index (χ0n) is 9.68. The number of rotatable bonds is 3. The van der Waals surface area contributed by atoms with Crippen LogP contribution in [0.1, 0.15) is 37.8 Å². The molecule has 2 aliphatic carbocycles. The second-order valence-corrected chi connectivity index (χ2v) is 5.40. The first-order valence-corrected chi connectivity index (χ1v) is 6.21. The third kappa shape index (κ3) is 1.97. The predicted molar refractivity (Wildman–Crippen MR) is 59.7 cm³/mol. The average Bonchev–Trinajstić information content (AvgIpc) is 2.72. The first-order valence-electron chi connectivity index (χ1n) is 6.21. The molecule has 1 aromatic heterocycles. The minimum atomic E-state index is -2.37. The summed E-state index contributed by atoms with van der Waals surface area (Å²) in [7, 11) is 0. The molecule has 2 saturated carbocycles. The maximum Gasteiger partial charge on any atom is 0.254 e.